The van der Waals surface area contributed by atoms with Gasteiger partial charge in [0.05, 0.1) is 30.4 Å². The van der Waals surface area contributed by atoms with Crippen molar-refractivity contribution in [3.8, 4) is 11.8 Å². The van der Waals surface area contributed by atoms with Gasteiger partial charge < -0.3 is 45.8 Å². The summed E-state index contributed by atoms with van der Waals surface area (Å²) < 4.78 is 52.2. The lowest BCUT2D eigenvalue weighted by atomic mass is 10.1. The fourth-order valence-electron chi connectivity index (χ4n) is 3.55. The number of nitrogens with zero attached hydrogens (tertiary/aromatic N) is 2. The number of anilines is 2. The molecule has 0 spiro atoms. The Hall–Kier alpha value is -2.94. The first kappa shape index (κ1) is 33.6. The predicted octanol–water partition coefficient (Wildman–Crippen LogP) is -0.360. The minimum Gasteiger partial charge on any atom is -0.390 e. The molecule has 2 aromatic rings. The summed E-state index contributed by atoms with van der Waals surface area (Å²) in [6.07, 6.45) is -3.01. The molecule has 230 valence electrons. The molecule has 9 N–H and O–H groups in total. The van der Waals surface area contributed by atoms with Gasteiger partial charge in [-0.3, -0.25) is 13.9 Å². The van der Waals surface area contributed by atoms with E-state index in [-0.39, 0.29) is 30.3 Å². The molecule has 0 radical (unpaired) electrons. The van der Waals surface area contributed by atoms with Gasteiger partial charge >= 0.3 is 29.2 Å². The van der Waals surface area contributed by atoms with Crippen LogP contribution >= 0.6 is 23.5 Å². The number of carbonyl (C=O) groups excluding carboxylic acids is 1. The van der Waals surface area contributed by atoms with E-state index in [4.69, 9.17) is 20.3 Å². The van der Waals surface area contributed by atoms with Gasteiger partial charge in [-0.25, -0.2) is 18.5 Å². The van der Waals surface area contributed by atoms with Crippen molar-refractivity contribution in [1.82, 2.24) is 14.9 Å². The van der Waals surface area contributed by atoms with Crippen molar-refractivity contribution in [2.75, 3.05) is 31.2 Å². The highest BCUT2D eigenvalue weighted by Gasteiger charge is 2.43. The van der Waals surface area contributed by atoms with E-state index in [0.717, 1.165) is 4.57 Å². The molecule has 1 saturated heterocycles. The second-order valence-corrected chi connectivity index (χ2v) is 12.7. The minimum atomic E-state index is -5.73. The number of aliphatic hydroxyl groups excluding tert-OH is 1. The van der Waals surface area contributed by atoms with Crippen LogP contribution in [0.5, 0.6) is 0 Å². The van der Waals surface area contributed by atoms with Crippen molar-refractivity contribution < 1.29 is 61.1 Å². The SMILES string of the molecule is CNc1ccccc1C(=O)NCC#Cc1cn([C@H]2C[C@H](O)[C@@H](COP(=O)(O)OP(=O)(O)OP(=O)(O)O)O2)c(=O)nc1N. The second-order valence-electron chi connectivity index (χ2n) is 8.33. The molecule has 5 atom stereocenters. The number of rotatable bonds is 11. The number of nitrogens with one attached hydrogen (secondary N) is 2. The van der Waals surface area contributed by atoms with Crippen LogP contribution in [0.2, 0.25) is 0 Å². The maximum Gasteiger partial charge on any atom is 0.490 e. The Morgan fingerprint density at radius 2 is 1.88 bits per heavy atom. The molecule has 42 heavy (non-hydrogen) atoms. The van der Waals surface area contributed by atoms with Gasteiger partial charge in [-0.05, 0) is 12.1 Å². The summed E-state index contributed by atoms with van der Waals surface area (Å²) >= 11 is 0. The Morgan fingerprint density at radius 1 is 1.19 bits per heavy atom. The number of ether oxygens (including phenoxy) is 1. The van der Waals surface area contributed by atoms with Crippen LogP contribution in [-0.4, -0.2) is 72.5 Å². The third-order valence-electron chi connectivity index (χ3n) is 5.31. The highest BCUT2D eigenvalue weighted by Crippen LogP contribution is 2.66. The first-order chi connectivity index (χ1) is 19.5. The molecule has 19 nitrogen and oxygen atoms in total. The summed E-state index contributed by atoms with van der Waals surface area (Å²) in [6.45, 7) is -1.02. The molecule has 1 aliphatic heterocycles. The number of phosphoric ester groups is 1. The Morgan fingerprint density at radius 3 is 2.55 bits per heavy atom. The maximum atomic E-state index is 12.4. The van der Waals surface area contributed by atoms with Gasteiger partial charge in [0.1, 0.15) is 18.1 Å². The summed E-state index contributed by atoms with van der Waals surface area (Å²) in [4.78, 5) is 64.5. The molecule has 1 aromatic heterocycles. The summed E-state index contributed by atoms with van der Waals surface area (Å²) in [5.74, 6) is 4.74. The van der Waals surface area contributed by atoms with E-state index in [1.165, 1.54) is 6.20 Å². The van der Waals surface area contributed by atoms with E-state index in [1.807, 2.05) is 0 Å². The van der Waals surface area contributed by atoms with Gasteiger partial charge in [-0.15, -0.1) is 0 Å². The highest BCUT2D eigenvalue weighted by atomic mass is 31.3. The number of nitrogen functional groups attached to an aromatic ring is 1. The number of aliphatic hydroxyl groups is 1. The molecule has 0 saturated carbocycles. The number of hydrogen-bond donors (Lipinski definition) is 8. The zero-order chi connectivity index (χ0) is 31.3. The smallest absolute Gasteiger partial charge is 0.390 e. The number of benzene rings is 1. The van der Waals surface area contributed by atoms with E-state index in [0.29, 0.717) is 11.3 Å². The molecule has 1 amide bonds. The Bertz CT molecular complexity index is 1580. The normalized spacial score (nSPS) is 21.4. The lowest BCUT2D eigenvalue weighted by Crippen LogP contribution is -2.29. The van der Waals surface area contributed by atoms with E-state index in [1.54, 1.807) is 31.3 Å². The Labute approximate surface area is 237 Å². The molecule has 2 heterocycles. The van der Waals surface area contributed by atoms with Crippen molar-refractivity contribution in [1.29, 1.82) is 0 Å². The molecular formula is C20H26N5O14P3. The van der Waals surface area contributed by atoms with Crippen LogP contribution in [0.15, 0.2) is 35.3 Å². The van der Waals surface area contributed by atoms with E-state index in [2.05, 4.69) is 40.6 Å². The molecule has 1 fully saturated rings. The zero-order valence-electron chi connectivity index (χ0n) is 21.5. The van der Waals surface area contributed by atoms with Crippen LogP contribution in [-0.2, 0) is 31.6 Å². The average molecular weight is 653 g/mol. The van der Waals surface area contributed by atoms with Gasteiger partial charge in [-0.1, -0.05) is 24.0 Å². The Kier molecular flexibility index (Phi) is 10.8. The summed E-state index contributed by atoms with van der Waals surface area (Å²) in [5, 5.41) is 15.8. The third kappa shape index (κ3) is 9.54. The lowest BCUT2D eigenvalue weighted by molar-refractivity contribution is -0.0449. The largest absolute Gasteiger partial charge is 0.490 e. The molecular weight excluding hydrogens is 627 g/mol. The Balaban J connectivity index is 1.64. The summed E-state index contributed by atoms with van der Waals surface area (Å²) in [6, 6.07) is 6.81. The summed E-state index contributed by atoms with van der Waals surface area (Å²) in [5.41, 5.74) is 5.99. The number of nitrogens with two attached hydrogens (primary N) is 1. The van der Waals surface area contributed by atoms with Crippen molar-refractivity contribution in [3.05, 3.63) is 52.1 Å². The van der Waals surface area contributed by atoms with Gasteiger partial charge in [-0.2, -0.15) is 13.6 Å². The van der Waals surface area contributed by atoms with Crippen LogP contribution in [0.3, 0.4) is 0 Å². The van der Waals surface area contributed by atoms with E-state index < -0.39 is 54.2 Å². The second kappa shape index (κ2) is 13.6. The number of phosphoric acid groups is 3. The number of hydrogen-bond acceptors (Lipinski definition) is 13. The molecule has 1 aliphatic rings. The quantitative estimate of drug-likeness (QED) is 0.113. The van der Waals surface area contributed by atoms with Crippen molar-refractivity contribution >= 4 is 40.9 Å². The molecule has 22 heteroatoms. The highest BCUT2D eigenvalue weighted by molar-refractivity contribution is 7.66. The number of amides is 1. The fourth-order valence-corrected chi connectivity index (χ4v) is 6.58. The van der Waals surface area contributed by atoms with E-state index in [9.17, 15) is 38.2 Å². The standard InChI is InChI=1S/C20H26N5O14P3/c1-22-14-7-3-2-6-13(14)19(27)23-8-4-5-12-10-25(20(28)24-18(12)21)17-9-15(26)16(37-17)11-36-41(32,33)39-42(34,35)38-40(29,30)31/h2-3,6-7,10,15-17,22,26H,8-9,11H2,1H3,(H,23,27)(H,32,33)(H,34,35)(H2,21,24,28)(H2,29,30,31)/t15-,16+,17+/m0/s1. The fraction of sp³-hybridized carbons (Fsp3) is 0.350. The first-order valence-electron chi connectivity index (χ1n) is 11.5. The zero-order valence-corrected chi connectivity index (χ0v) is 24.1. The van der Waals surface area contributed by atoms with Crippen molar-refractivity contribution in [3.63, 3.8) is 0 Å². The first-order valence-corrected chi connectivity index (χ1v) is 16.1. The maximum absolute atomic E-state index is 12.4. The molecule has 2 unspecified atom stereocenters. The topological polar surface area (TPSA) is 291 Å². The van der Waals surface area contributed by atoms with Crippen LogP contribution in [0, 0.1) is 11.8 Å². The third-order valence-corrected chi connectivity index (χ3v) is 9.12. The number of carbonyl (C=O) groups is 1. The molecule has 1 aromatic carbocycles. The van der Waals surface area contributed by atoms with Crippen LogP contribution < -0.4 is 22.1 Å². The van der Waals surface area contributed by atoms with Gasteiger partial charge in [0.25, 0.3) is 5.91 Å². The monoisotopic (exact) mass is 653 g/mol. The van der Waals surface area contributed by atoms with Gasteiger partial charge in [0.2, 0.25) is 0 Å². The van der Waals surface area contributed by atoms with Crippen molar-refractivity contribution in [2.24, 2.45) is 0 Å². The number of para-hydroxylation sites is 1. The van der Waals surface area contributed by atoms with Gasteiger partial charge in [0.15, 0.2) is 0 Å². The van der Waals surface area contributed by atoms with Gasteiger partial charge in [0, 0.05) is 25.4 Å². The van der Waals surface area contributed by atoms with E-state index >= 15 is 0 Å². The molecule has 0 bridgehead atoms. The average Bonchev–Trinajstić information content (AvgIpc) is 3.24. The molecule has 3 rings (SSSR count). The van der Waals surface area contributed by atoms with Crippen LogP contribution in [0.25, 0.3) is 0 Å². The lowest BCUT2D eigenvalue weighted by Gasteiger charge is -2.19. The predicted molar refractivity (Wildman–Crippen MR) is 142 cm³/mol. The number of aromatic nitrogens is 2. The molecule has 0 aliphatic carbocycles. The van der Waals surface area contributed by atoms with Crippen LogP contribution in [0.1, 0.15) is 28.6 Å². The van der Waals surface area contributed by atoms with Crippen molar-refractivity contribution in [2.45, 2.75) is 24.9 Å². The minimum absolute atomic E-state index is 0.0780. The van der Waals surface area contributed by atoms with Crippen LogP contribution in [0.4, 0.5) is 11.5 Å². The summed E-state index contributed by atoms with van der Waals surface area (Å²) in [7, 11) is -15.1.